The third-order valence-corrected chi connectivity index (χ3v) is 2.23. The van der Waals surface area contributed by atoms with Crippen LogP contribution < -0.4 is 10.1 Å². The molecule has 4 nitrogen and oxygen atoms in total. The number of imidazole rings is 1. The number of ether oxygens (including phenoxy) is 1. The van der Waals surface area contributed by atoms with Gasteiger partial charge in [0.1, 0.15) is 0 Å². The van der Waals surface area contributed by atoms with Crippen molar-refractivity contribution in [3.8, 4) is 5.75 Å². The van der Waals surface area contributed by atoms with Crippen LogP contribution in [0.3, 0.4) is 0 Å². The first kappa shape index (κ1) is 10.5. The molecule has 0 fully saturated rings. The second-order valence-corrected chi connectivity index (χ2v) is 3.34. The number of aryl methyl sites for hydroxylation is 1. The lowest BCUT2D eigenvalue weighted by molar-refractivity contribution is 0.386. The third kappa shape index (κ3) is 1.98. The number of benzene rings is 1. The van der Waals surface area contributed by atoms with E-state index in [1.165, 1.54) is 13.2 Å². The maximum atomic E-state index is 13.4. The van der Waals surface area contributed by atoms with E-state index in [1.807, 2.05) is 17.8 Å². The van der Waals surface area contributed by atoms with Gasteiger partial charge in [0.25, 0.3) is 0 Å². The topological polar surface area (TPSA) is 39.1 Å². The molecular weight excluding hydrogens is 209 g/mol. The summed E-state index contributed by atoms with van der Waals surface area (Å²) in [6.07, 6.45) is 3.48. The summed E-state index contributed by atoms with van der Waals surface area (Å²) >= 11 is 0. The first-order chi connectivity index (χ1) is 7.70. The SMILES string of the molecule is COc1ccc(Nc2nccn2C)cc1F. The number of halogens is 1. The Kier molecular flexibility index (Phi) is 2.76. The van der Waals surface area contributed by atoms with Gasteiger partial charge < -0.3 is 14.6 Å². The smallest absolute Gasteiger partial charge is 0.207 e. The molecule has 1 N–H and O–H groups in total. The average molecular weight is 221 g/mol. The van der Waals surface area contributed by atoms with Crippen LogP contribution in [0.2, 0.25) is 0 Å². The first-order valence-corrected chi connectivity index (χ1v) is 4.78. The third-order valence-electron chi connectivity index (χ3n) is 2.23. The zero-order valence-electron chi connectivity index (χ0n) is 9.07. The van der Waals surface area contributed by atoms with Crippen molar-refractivity contribution in [2.75, 3.05) is 12.4 Å². The van der Waals surface area contributed by atoms with Crippen molar-refractivity contribution < 1.29 is 9.13 Å². The summed E-state index contributed by atoms with van der Waals surface area (Å²) < 4.78 is 20.0. The first-order valence-electron chi connectivity index (χ1n) is 4.78. The molecule has 84 valence electrons. The Labute approximate surface area is 92.7 Å². The van der Waals surface area contributed by atoms with E-state index in [2.05, 4.69) is 10.3 Å². The molecule has 0 unspecified atom stereocenters. The van der Waals surface area contributed by atoms with Gasteiger partial charge in [0, 0.05) is 31.2 Å². The van der Waals surface area contributed by atoms with Crippen LogP contribution >= 0.6 is 0 Å². The van der Waals surface area contributed by atoms with Crippen molar-refractivity contribution in [3.63, 3.8) is 0 Å². The fourth-order valence-electron chi connectivity index (χ4n) is 1.36. The van der Waals surface area contributed by atoms with Crippen molar-refractivity contribution >= 4 is 11.6 Å². The van der Waals surface area contributed by atoms with E-state index in [0.717, 1.165) is 0 Å². The van der Waals surface area contributed by atoms with Gasteiger partial charge >= 0.3 is 0 Å². The Balaban J connectivity index is 2.23. The van der Waals surface area contributed by atoms with E-state index in [-0.39, 0.29) is 5.75 Å². The highest BCUT2D eigenvalue weighted by atomic mass is 19.1. The number of nitrogens with one attached hydrogen (secondary N) is 1. The number of hydrogen-bond donors (Lipinski definition) is 1. The van der Waals surface area contributed by atoms with Crippen LogP contribution in [0.1, 0.15) is 0 Å². The van der Waals surface area contributed by atoms with Crippen molar-refractivity contribution in [2.24, 2.45) is 7.05 Å². The molecule has 0 bridgehead atoms. The van der Waals surface area contributed by atoms with E-state index in [1.54, 1.807) is 18.3 Å². The summed E-state index contributed by atoms with van der Waals surface area (Å²) in [6, 6.07) is 4.67. The van der Waals surface area contributed by atoms with Crippen molar-refractivity contribution in [1.82, 2.24) is 9.55 Å². The largest absolute Gasteiger partial charge is 0.494 e. The molecule has 0 aliphatic rings. The molecule has 2 aromatic rings. The summed E-state index contributed by atoms with van der Waals surface area (Å²) in [5.41, 5.74) is 0.632. The molecule has 1 aromatic carbocycles. The van der Waals surface area contributed by atoms with Gasteiger partial charge in [0.05, 0.1) is 7.11 Å². The Hall–Kier alpha value is -2.04. The molecule has 0 amide bonds. The quantitative estimate of drug-likeness (QED) is 0.864. The molecule has 2 rings (SSSR count). The summed E-state index contributed by atoms with van der Waals surface area (Å²) in [5, 5.41) is 3.00. The van der Waals surface area contributed by atoms with Gasteiger partial charge in [0.2, 0.25) is 5.95 Å². The molecule has 5 heteroatoms. The molecule has 0 radical (unpaired) electrons. The number of nitrogens with zero attached hydrogens (tertiary/aromatic N) is 2. The van der Waals surface area contributed by atoms with Gasteiger partial charge in [-0.15, -0.1) is 0 Å². The molecule has 0 spiro atoms. The Morgan fingerprint density at radius 1 is 1.44 bits per heavy atom. The lowest BCUT2D eigenvalue weighted by atomic mass is 10.3. The van der Waals surface area contributed by atoms with Gasteiger partial charge in [-0.05, 0) is 12.1 Å². The number of rotatable bonds is 3. The van der Waals surface area contributed by atoms with Crippen molar-refractivity contribution in [2.45, 2.75) is 0 Å². The van der Waals surface area contributed by atoms with Crippen molar-refractivity contribution in [1.29, 1.82) is 0 Å². The van der Waals surface area contributed by atoms with Gasteiger partial charge in [-0.2, -0.15) is 0 Å². The minimum absolute atomic E-state index is 0.227. The van der Waals surface area contributed by atoms with Crippen LogP contribution in [0.25, 0.3) is 0 Å². The highest BCUT2D eigenvalue weighted by Gasteiger charge is 2.05. The van der Waals surface area contributed by atoms with Gasteiger partial charge in [0.15, 0.2) is 11.6 Å². The van der Waals surface area contributed by atoms with E-state index in [4.69, 9.17) is 4.74 Å². The molecular formula is C11H12FN3O. The molecule has 16 heavy (non-hydrogen) atoms. The van der Waals surface area contributed by atoms with E-state index < -0.39 is 5.82 Å². The minimum atomic E-state index is -0.401. The summed E-state index contributed by atoms with van der Waals surface area (Å²) in [4.78, 5) is 4.08. The van der Waals surface area contributed by atoms with Crippen LogP contribution in [0.5, 0.6) is 5.75 Å². The predicted octanol–water partition coefficient (Wildman–Crippen LogP) is 2.31. The van der Waals surface area contributed by atoms with Gasteiger partial charge in [-0.1, -0.05) is 0 Å². The molecule has 0 aliphatic carbocycles. The van der Waals surface area contributed by atoms with Crippen LogP contribution in [0, 0.1) is 5.82 Å². The monoisotopic (exact) mass is 221 g/mol. The fourth-order valence-corrected chi connectivity index (χ4v) is 1.36. The van der Waals surface area contributed by atoms with Crippen LogP contribution in [-0.4, -0.2) is 16.7 Å². The van der Waals surface area contributed by atoms with E-state index in [0.29, 0.717) is 11.6 Å². The molecule has 1 aromatic heterocycles. The Morgan fingerprint density at radius 2 is 2.25 bits per heavy atom. The lowest BCUT2D eigenvalue weighted by Crippen LogP contribution is -1.99. The highest BCUT2D eigenvalue weighted by molar-refractivity contribution is 5.55. The van der Waals surface area contributed by atoms with Crippen LogP contribution in [0.4, 0.5) is 16.0 Å². The Bertz CT molecular complexity index is 496. The number of methoxy groups -OCH3 is 1. The molecule has 0 aliphatic heterocycles. The van der Waals surface area contributed by atoms with Gasteiger partial charge in [-0.25, -0.2) is 9.37 Å². The maximum absolute atomic E-state index is 13.4. The lowest BCUT2D eigenvalue weighted by Gasteiger charge is -2.07. The predicted molar refractivity (Wildman–Crippen MR) is 59.4 cm³/mol. The molecule has 0 atom stereocenters. The van der Waals surface area contributed by atoms with E-state index >= 15 is 0 Å². The molecule has 0 saturated carbocycles. The van der Waals surface area contributed by atoms with Gasteiger partial charge in [-0.3, -0.25) is 0 Å². The fraction of sp³-hybridized carbons (Fsp3) is 0.182. The highest BCUT2D eigenvalue weighted by Crippen LogP contribution is 2.22. The number of hydrogen-bond acceptors (Lipinski definition) is 3. The average Bonchev–Trinajstić information content (AvgIpc) is 2.65. The summed E-state index contributed by atoms with van der Waals surface area (Å²) in [5.74, 6) is 0.483. The second kappa shape index (κ2) is 4.22. The maximum Gasteiger partial charge on any atom is 0.207 e. The minimum Gasteiger partial charge on any atom is -0.494 e. The molecule has 0 saturated heterocycles. The van der Waals surface area contributed by atoms with Crippen LogP contribution in [0.15, 0.2) is 30.6 Å². The summed E-state index contributed by atoms with van der Waals surface area (Å²) in [7, 11) is 3.29. The number of aromatic nitrogens is 2. The standard InChI is InChI=1S/C11H12FN3O/c1-15-6-5-13-11(15)14-8-3-4-10(16-2)9(12)7-8/h3-7H,1-2H3,(H,13,14). The van der Waals surface area contributed by atoms with Crippen molar-refractivity contribution in [3.05, 3.63) is 36.4 Å². The number of anilines is 2. The van der Waals surface area contributed by atoms with E-state index in [9.17, 15) is 4.39 Å². The zero-order valence-corrected chi connectivity index (χ0v) is 9.07. The van der Waals surface area contributed by atoms with Crippen LogP contribution in [-0.2, 0) is 7.05 Å². The second-order valence-electron chi connectivity index (χ2n) is 3.34. The normalized spacial score (nSPS) is 10.2. The zero-order chi connectivity index (χ0) is 11.5. The summed E-state index contributed by atoms with van der Waals surface area (Å²) in [6.45, 7) is 0. The molecule has 1 heterocycles. The Morgan fingerprint density at radius 3 is 2.81 bits per heavy atom.